The third kappa shape index (κ3) is 3.88. The van der Waals surface area contributed by atoms with Crippen LogP contribution in [0.1, 0.15) is 26.7 Å². The number of carbonyl (C=O) groups excluding carboxylic acids is 1. The lowest BCUT2D eigenvalue weighted by molar-refractivity contribution is -0.153. The minimum absolute atomic E-state index is 0.00834. The molecule has 0 aromatic heterocycles. The van der Waals surface area contributed by atoms with Gasteiger partial charge in [0, 0.05) is 11.1 Å². The molecule has 1 aliphatic rings. The number of benzene rings is 1. The predicted octanol–water partition coefficient (Wildman–Crippen LogP) is 2.57. The van der Waals surface area contributed by atoms with Crippen molar-refractivity contribution in [2.45, 2.75) is 44.9 Å². The minimum atomic E-state index is -1.01. The normalized spacial score (nSPS) is 16.9. The van der Waals surface area contributed by atoms with Crippen LogP contribution in [-0.2, 0) is 9.59 Å². The molecule has 1 saturated carbocycles. The van der Waals surface area contributed by atoms with Gasteiger partial charge in [0.25, 0.3) is 5.91 Å². The molecule has 1 aromatic rings. The molecule has 1 amide bonds. The molecule has 1 aliphatic carbocycles. The van der Waals surface area contributed by atoms with E-state index in [1.54, 1.807) is 31.2 Å². The fraction of sp³-hybridized carbons (Fsp3) is 0.467. The first-order chi connectivity index (χ1) is 9.90. The maximum absolute atomic E-state index is 12.5. The van der Waals surface area contributed by atoms with Crippen LogP contribution in [0.4, 0.5) is 0 Å². The Bertz CT molecular complexity index is 544. The van der Waals surface area contributed by atoms with E-state index in [9.17, 15) is 9.59 Å². The second kappa shape index (κ2) is 6.35. The second-order valence-electron chi connectivity index (χ2n) is 5.21. The molecule has 21 heavy (non-hydrogen) atoms. The van der Waals surface area contributed by atoms with Crippen molar-refractivity contribution >= 4 is 23.5 Å². The molecule has 2 atom stereocenters. The Morgan fingerprint density at radius 2 is 2.05 bits per heavy atom. The number of nitrogens with zero attached hydrogens (tertiary/aromatic N) is 1. The number of carboxylic acid groups (broad SMARTS) is 1. The largest absolute Gasteiger partial charge is 0.481 e. The van der Waals surface area contributed by atoms with Crippen LogP contribution in [0, 0.1) is 0 Å². The first-order valence-electron chi connectivity index (χ1n) is 6.87. The van der Waals surface area contributed by atoms with Crippen LogP contribution < -0.4 is 4.74 Å². The highest BCUT2D eigenvalue weighted by Gasteiger charge is 2.40. The Balaban J connectivity index is 2.07. The van der Waals surface area contributed by atoms with Gasteiger partial charge in [0.1, 0.15) is 11.8 Å². The van der Waals surface area contributed by atoms with E-state index in [4.69, 9.17) is 21.4 Å². The molecule has 0 heterocycles. The Kier molecular flexibility index (Phi) is 4.73. The van der Waals surface area contributed by atoms with Crippen molar-refractivity contribution in [1.29, 1.82) is 0 Å². The molecule has 0 spiro atoms. The predicted molar refractivity (Wildman–Crippen MR) is 78.5 cm³/mol. The lowest BCUT2D eigenvalue weighted by atomic mass is 10.2. The maximum Gasteiger partial charge on any atom is 0.326 e. The number of carbonyl (C=O) groups is 2. The number of ether oxygens (including phenoxy) is 1. The highest BCUT2D eigenvalue weighted by atomic mass is 35.5. The van der Waals surface area contributed by atoms with Crippen molar-refractivity contribution in [3.05, 3.63) is 29.3 Å². The zero-order chi connectivity index (χ0) is 15.6. The molecule has 0 radical (unpaired) electrons. The van der Waals surface area contributed by atoms with E-state index in [-0.39, 0.29) is 11.9 Å². The van der Waals surface area contributed by atoms with Crippen LogP contribution in [-0.4, -0.2) is 40.1 Å². The molecule has 1 aromatic carbocycles. The van der Waals surface area contributed by atoms with E-state index in [0.29, 0.717) is 10.8 Å². The maximum atomic E-state index is 12.5. The lowest BCUT2D eigenvalue weighted by Gasteiger charge is -2.29. The fourth-order valence-electron chi connectivity index (χ4n) is 2.16. The molecule has 5 nitrogen and oxygen atoms in total. The van der Waals surface area contributed by atoms with Gasteiger partial charge in [0.2, 0.25) is 0 Å². The summed E-state index contributed by atoms with van der Waals surface area (Å²) < 4.78 is 5.58. The standard InChI is InChI=1S/C15H18ClNO4/c1-9(15(19)20)17(12-6-7-12)14(18)10(2)21-13-5-3-4-11(16)8-13/h3-5,8-10,12H,6-7H2,1-2H3,(H,19,20). The summed E-state index contributed by atoms with van der Waals surface area (Å²) in [7, 11) is 0. The van der Waals surface area contributed by atoms with Crippen LogP contribution in [0.2, 0.25) is 5.02 Å². The summed E-state index contributed by atoms with van der Waals surface area (Å²) in [6, 6.07) is 5.92. The number of hydrogen-bond donors (Lipinski definition) is 1. The van der Waals surface area contributed by atoms with E-state index >= 15 is 0 Å². The van der Waals surface area contributed by atoms with Crippen molar-refractivity contribution in [2.24, 2.45) is 0 Å². The third-order valence-electron chi connectivity index (χ3n) is 3.43. The first kappa shape index (κ1) is 15.6. The number of carboxylic acids is 1. The number of halogens is 1. The molecule has 2 rings (SSSR count). The van der Waals surface area contributed by atoms with E-state index in [1.807, 2.05) is 0 Å². The fourth-order valence-corrected chi connectivity index (χ4v) is 2.34. The van der Waals surface area contributed by atoms with Gasteiger partial charge in [-0.2, -0.15) is 0 Å². The van der Waals surface area contributed by atoms with E-state index in [0.717, 1.165) is 12.8 Å². The van der Waals surface area contributed by atoms with Gasteiger partial charge < -0.3 is 14.7 Å². The van der Waals surface area contributed by atoms with Gasteiger partial charge in [-0.1, -0.05) is 17.7 Å². The Morgan fingerprint density at radius 1 is 1.38 bits per heavy atom. The van der Waals surface area contributed by atoms with Crippen molar-refractivity contribution < 1.29 is 19.4 Å². The van der Waals surface area contributed by atoms with Gasteiger partial charge >= 0.3 is 5.97 Å². The summed E-state index contributed by atoms with van der Waals surface area (Å²) >= 11 is 5.87. The Labute approximate surface area is 128 Å². The summed E-state index contributed by atoms with van der Waals surface area (Å²) in [5, 5.41) is 9.65. The molecule has 114 valence electrons. The van der Waals surface area contributed by atoms with E-state index < -0.39 is 18.1 Å². The Hall–Kier alpha value is -1.75. The van der Waals surface area contributed by atoms with E-state index in [1.165, 1.54) is 11.8 Å². The summed E-state index contributed by atoms with van der Waals surface area (Å²) in [4.78, 5) is 25.0. The highest BCUT2D eigenvalue weighted by Crippen LogP contribution is 2.30. The average molecular weight is 312 g/mol. The zero-order valence-electron chi connectivity index (χ0n) is 12.0. The number of hydrogen-bond acceptors (Lipinski definition) is 3. The van der Waals surface area contributed by atoms with Crippen molar-refractivity contribution in [2.75, 3.05) is 0 Å². The van der Waals surface area contributed by atoms with Gasteiger partial charge in [0.05, 0.1) is 0 Å². The van der Waals surface area contributed by atoms with Crippen molar-refractivity contribution in [1.82, 2.24) is 4.90 Å². The van der Waals surface area contributed by atoms with Gasteiger partial charge in [-0.15, -0.1) is 0 Å². The molecule has 0 aliphatic heterocycles. The zero-order valence-corrected chi connectivity index (χ0v) is 12.7. The SMILES string of the molecule is CC(Oc1cccc(Cl)c1)C(=O)N(C1CC1)C(C)C(=O)O. The molecule has 0 saturated heterocycles. The van der Waals surface area contributed by atoms with Crippen LogP contribution in [0.3, 0.4) is 0 Å². The molecule has 1 fully saturated rings. The minimum Gasteiger partial charge on any atom is -0.481 e. The van der Waals surface area contributed by atoms with E-state index in [2.05, 4.69) is 0 Å². The Morgan fingerprint density at radius 3 is 2.57 bits per heavy atom. The quantitative estimate of drug-likeness (QED) is 0.877. The molecule has 0 bridgehead atoms. The molecular formula is C15H18ClNO4. The summed E-state index contributed by atoms with van der Waals surface area (Å²) in [6.45, 7) is 3.14. The molecule has 6 heteroatoms. The summed E-state index contributed by atoms with van der Waals surface area (Å²) in [5.41, 5.74) is 0. The molecular weight excluding hydrogens is 294 g/mol. The number of aliphatic carboxylic acids is 1. The third-order valence-corrected chi connectivity index (χ3v) is 3.66. The van der Waals surface area contributed by atoms with Crippen molar-refractivity contribution in [3.8, 4) is 5.75 Å². The van der Waals surface area contributed by atoms with Crippen LogP contribution >= 0.6 is 11.6 Å². The first-order valence-corrected chi connectivity index (χ1v) is 7.25. The van der Waals surface area contributed by atoms with Crippen LogP contribution in [0.5, 0.6) is 5.75 Å². The highest BCUT2D eigenvalue weighted by molar-refractivity contribution is 6.30. The number of amides is 1. The summed E-state index contributed by atoms with van der Waals surface area (Å²) in [6.07, 6.45) is 0.923. The smallest absolute Gasteiger partial charge is 0.326 e. The van der Waals surface area contributed by atoms with Gasteiger partial charge in [-0.25, -0.2) is 4.79 Å². The van der Waals surface area contributed by atoms with Crippen LogP contribution in [0.25, 0.3) is 0 Å². The molecule has 2 unspecified atom stereocenters. The second-order valence-corrected chi connectivity index (χ2v) is 5.64. The number of rotatable bonds is 6. The van der Waals surface area contributed by atoms with Gasteiger partial charge in [-0.05, 0) is 44.9 Å². The monoisotopic (exact) mass is 311 g/mol. The summed E-state index contributed by atoms with van der Waals surface area (Å²) in [5.74, 6) is -0.834. The van der Waals surface area contributed by atoms with Gasteiger partial charge in [-0.3, -0.25) is 4.79 Å². The van der Waals surface area contributed by atoms with Crippen LogP contribution in [0.15, 0.2) is 24.3 Å². The lowest BCUT2D eigenvalue weighted by Crippen LogP contribution is -2.49. The van der Waals surface area contributed by atoms with Gasteiger partial charge in [0.15, 0.2) is 6.10 Å². The van der Waals surface area contributed by atoms with Crippen molar-refractivity contribution in [3.63, 3.8) is 0 Å². The topological polar surface area (TPSA) is 66.8 Å². The molecule has 1 N–H and O–H groups in total. The average Bonchev–Trinajstić information content (AvgIpc) is 3.23.